The predicted octanol–water partition coefficient (Wildman–Crippen LogP) is -4.68. The fraction of sp³-hybridized carbons (Fsp3) is 1.00. The van der Waals surface area contributed by atoms with E-state index in [4.69, 9.17) is 14.6 Å². The Bertz CT molecular complexity index is 385. The first kappa shape index (κ1) is 19.3. The number of aliphatic hydroxyl groups excluding tert-OH is 8. The van der Waals surface area contributed by atoms with Crippen LogP contribution in [0.15, 0.2) is 0 Å². The zero-order valence-electron chi connectivity index (χ0n) is 12.0. The van der Waals surface area contributed by atoms with Crippen molar-refractivity contribution in [3.63, 3.8) is 0 Å². The van der Waals surface area contributed by atoms with E-state index < -0.39 is 67.2 Å². The molecule has 23 heavy (non-hydrogen) atoms. The zero-order valence-corrected chi connectivity index (χ0v) is 12.8. The maximum atomic E-state index is 9.88. The highest BCUT2D eigenvalue weighted by Gasteiger charge is 2.46. The van der Waals surface area contributed by atoms with Gasteiger partial charge in [0.05, 0.1) is 12.7 Å². The summed E-state index contributed by atoms with van der Waals surface area (Å²) < 4.78 is 10.3. The normalized spacial score (nSPS) is 51.7. The van der Waals surface area contributed by atoms with Crippen LogP contribution in [0.1, 0.15) is 0 Å². The molecule has 0 aromatic rings. The van der Waals surface area contributed by atoms with E-state index in [0.29, 0.717) is 0 Å². The lowest BCUT2D eigenvalue weighted by atomic mass is 10.00. The maximum Gasteiger partial charge on any atom is 0.183 e. The van der Waals surface area contributed by atoms with E-state index in [-0.39, 0.29) is 5.75 Å². The number of aliphatic hydroxyl groups is 8. The Morgan fingerprint density at radius 2 is 1.22 bits per heavy atom. The summed E-state index contributed by atoms with van der Waals surface area (Å²) >= 11 is 0.903. The third kappa shape index (κ3) is 3.96. The monoisotopic (exact) mass is 358 g/mol. The summed E-state index contributed by atoms with van der Waals surface area (Å²) in [5, 5.41) is 76.6. The lowest BCUT2D eigenvalue weighted by Crippen LogP contribution is -2.59. The van der Waals surface area contributed by atoms with Gasteiger partial charge in [-0.3, -0.25) is 0 Å². The number of ether oxygens (including phenoxy) is 2. The van der Waals surface area contributed by atoms with E-state index in [1.807, 2.05) is 0 Å². The van der Waals surface area contributed by atoms with Crippen molar-refractivity contribution in [2.24, 2.45) is 0 Å². The van der Waals surface area contributed by atoms with Crippen LogP contribution in [0.3, 0.4) is 0 Å². The Morgan fingerprint density at radius 3 is 1.83 bits per heavy atom. The number of hydrogen-bond donors (Lipinski definition) is 8. The minimum absolute atomic E-state index is 0.0509. The molecule has 0 spiro atoms. The first-order chi connectivity index (χ1) is 10.8. The third-order valence-corrected chi connectivity index (χ3v) is 5.20. The highest BCUT2D eigenvalue weighted by atomic mass is 32.2. The van der Waals surface area contributed by atoms with E-state index in [1.54, 1.807) is 0 Å². The molecule has 0 saturated carbocycles. The lowest BCUT2D eigenvalue weighted by molar-refractivity contribution is -0.276. The Morgan fingerprint density at radius 1 is 0.652 bits per heavy atom. The van der Waals surface area contributed by atoms with Gasteiger partial charge >= 0.3 is 0 Å². The summed E-state index contributed by atoms with van der Waals surface area (Å²) in [7, 11) is 0. The first-order valence-electron chi connectivity index (χ1n) is 7.07. The van der Waals surface area contributed by atoms with Crippen LogP contribution in [-0.4, -0.2) is 114 Å². The number of rotatable bonds is 4. The largest absolute Gasteiger partial charge is 0.394 e. The van der Waals surface area contributed by atoms with Gasteiger partial charge in [0.2, 0.25) is 0 Å². The van der Waals surface area contributed by atoms with Crippen molar-refractivity contribution in [3.8, 4) is 0 Å². The van der Waals surface area contributed by atoms with Gasteiger partial charge in [0.1, 0.15) is 48.2 Å². The molecule has 2 saturated heterocycles. The van der Waals surface area contributed by atoms with Gasteiger partial charge in [-0.1, -0.05) is 0 Å². The van der Waals surface area contributed by atoms with Gasteiger partial charge in [-0.2, -0.15) is 0 Å². The summed E-state index contributed by atoms with van der Waals surface area (Å²) in [5.41, 5.74) is -1.03. The smallest absolute Gasteiger partial charge is 0.183 e. The standard InChI is InChI=1S/C12H22O10S/c13-1-3-5(14)8(17)10(19)12(22-3)23-2-4-6(15)7(16)9(18)11(20)21-4/h3-20H,1-2H2/t3-,4-,5-,6-,7+,8+,9-,10-,11?,12-/m1/s1. The van der Waals surface area contributed by atoms with Crippen LogP contribution in [0.2, 0.25) is 0 Å². The molecule has 0 bridgehead atoms. The molecule has 8 N–H and O–H groups in total. The average Bonchev–Trinajstić information content (AvgIpc) is 2.54. The molecule has 10 atom stereocenters. The molecule has 11 heteroatoms. The molecule has 0 aromatic heterocycles. The van der Waals surface area contributed by atoms with Crippen LogP contribution in [-0.2, 0) is 9.47 Å². The van der Waals surface area contributed by atoms with Crippen molar-refractivity contribution >= 4 is 11.8 Å². The summed E-state index contributed by atoms with van der Waals surface area (Å²) in [4.78, 5) is 0. The fourth-order valence-electron chi connectivity index (χ4n) is 2.46. The van der Waals surface area contributed by atoms with E-state index in [2.05, 4.69) is 0 Å². The molecule has 10 nitrogen and oxygen atoms in total. The summed E-state index contributed by atoms with van der Waals surface area (Å²) in [5.74, 6) is -0.0509. The Balaban J connectivity index is 1.94. The molecular weight excluding hydrogens is 336 g/mol. The quantitative estimate of drug-likeness (QED) is 0.242. The summed E-state index contributed by atoms with van der Waals surface area (Å²) in [6, 6.07) is 0. The van der Waals surface area contributed by atoms with Gasteiger partial charge in [0.15, 0.2) is 6.29 Å². The minimum Gasteiger partial charge on any atom is -0.394 e. The van der Waals surface area contributed by atoms with Gasteiger partial charge < -0.3 is 50.3 Å². The second-order valence-corrected chi connectivity index (χ2v) is 6.70. The Labute approximate surface area is 135 Å². The molecular formula is C12H22O10S. The molecule has 2 aliphatic rings. The van der Waals surface area contributed by atoms with Crippen molar-refractivity contribution in [2.75, 3.05) is 12.4 Å². The summed E-state index contributed by atoms with van der Waals surface area (Å²) in [6.45, 7) is -0.561. The molecule has 1 unspecified atom stereocenters. The Hall–Kier alpha value is -0.0500. The predicted molar refractivity (Wildman–Crippen MR) is 75.1 cm³/mol. The van der Waals surface area contributed by atoms with Crippen molar-refractivity contribution < 1.29 is 50.3 Å². The first-order valence-corrected chi connectivity index (χ1v) is 8.12. The van der Waals surface area contributed by atoms with Crippen LogP contribution in [0.25, 0.3) is 0 Å². The lowest BCUT2D eigenvalue weighted by Gasteiger charge is -2.41. The molecule has 0 radical (unpaired) electrons. The van der Waals surface area contributed by atoms with Gasteiger partial charge in [-0.15, -0.1) is 11.8 Å². The SMILES string of the molecule is OC[C@H]1O[C@H](SC[C@H]2OC(O)[C@H](O)[C@@H](O)[C@@H]2O)[C@H](O)[C@@H](O)[C@@H]1O. The van der Waals surface area contributed by atoms with Crippen LogP contribution in [0, 0.1) is 0 Å². The maximum absolute atomic E-state index is 9.88. The average molecular weight is 358 g/mol. The van der Waals surface area contributed by atoms with E-state index >= 15 is 0 Å². The highest BCUT2D eigenvalue weighted by Crippen LogP contribution is 2.31. The van der Waals surface area contributed by atoms with E-state index in [9.17, 15) is 35.7 Å². The van der Waals surface area contributed by atoms with Crippen LogP contribution in [0.5, 0.6) is 0 Å². The topological polar surface area (TPSA) is 180 Å². The molecule has 0 aliphatic carbocycles. The van der Waals surface area contributed by atoms with E-state index in [1.165, 1.54) is 0 Å². The fourth-order valence-corrected chi connectivity index (χ4v) is 3.70. The van der Waals surface area contributed by atoms with Crippen molar-refractivity contribution in [3.05, 3.63) is 0 Å². The van der Waals surface area contributed by atoms with Crippen molar-refractivity contribution in [2.45, 2.75) is 60.6 Å². The third-order valence-electron chi connectivity index (χ3n) is 3.96. The van der Waals surface area contributed by atoms with Crippen molar-refractivity contribution in [1.29, 1.82) is 0 Å². The van der Waals surface area contributed by atoms with Crippen LogP contribution < -0.4 is 0 Å². The van der Waals surface area contributed by atoms with Crippen molar-refractivity contribution in [1.82, 2.24) is 0 Å². The molecule has 2 fully saturated rings. The minimum atomic E-state index is -1.67. The van der Waals surface area contributed by atoms with Gasteiger partial charge in [-0.05, 0) is 0 Å². The van der Waals surface area contributed by atoms with Gasteiger partial charge in [0, 0.05) is 5.75 Å². The molecule has 0 amide bonds. The molecule has 2 rings (SSSR count). The van der Waals surface area contributed by atoms with Crippen LogP contribution >= 0.6 is 11.8 Å². The summed E-state index contributed by atoms with van der Waals surface area (Å²) in [6.07, 6.45) is -12.9. The number of hydrogen-bond acceptors (Lipinski definition) is 11. The molecule has 136 valence electrons. The molecule has 2 aliphatic heterocycles. The van der Waals surface area contributed by atoms with Gasteiger partial charge in [-0.25, -0.2) is 0 Å². The molecule has 0 aromatic carbocycles. The van der Waals surface area contributed by atoms with Crippen LogP contribution in [0.4, 0.5) is 0 Å². The highest BCUT2D eigenvalue weighted by molar-refractivity contribution is 7.99. The molecule has 2 heterocycles. The van der Waals surface area contributed by atoms with Gasteiger partial charge in [0.25, 0.3) is 0 Å². The second kappa shape index (κ2) is 7.89. The number of thioether (sulfide) groups is 1. The zero-order chi connectivity index (χ0) is 17.3. The Kier molecular flexibility index (Phi) is 6.61. The second-order valence-electron chi connectivity index (χ2n) is 5.57. The van der Waals surface area contributed by atoms with E-state index in [0.717, 1.165) is 11.8 Å².